The van der Waals surface area contributed by atoms with Gasteiger partial charge in [-0.05, 0) is 37.7 Å². The maximum absolute atomic E-state index is 12.7. The fourth-order valence-electron chi connectivity index (χ4n) is 2.79. The Kier molecular flexibility index (Phi) is 5.91. The Hall–Kier alpha value is -1.84. The molecule has 6 nitrogen and oxygen atoms in total. The minimum Gasteiger partial charge on any atom is -0.479 e. The van der Waals surface area contributed by atoms with Crippen LogP contribution in [0.15, 0.2) is 12.1 Å². The van der Waals surface area contributed by atoms with Crippen LogP contribution in [0.2, 0.25) is 0 Å². The first-order chi connectivity index (χ1) is 11.6. The van der Waals surface area contributed by atoms with Crippen LogP contribution >= 0.6 is 0 Å². The molecule has 0 aromatic carbocycles. The number of hydrogen-bond donors (Lipinski definition) is 1. The standard InChI is InChI=1S/C15H20F3N3O3S/c1-24-14-11(9-13(19-20-14)21-25(2,22)23)6-3-10-4-7-12(8-5-10)15(16,17)18/h3,6,9-10,12H,4-5,7-8H2,1-2H3,(H,19,21)/b6-3+. The first-order valence-corrected chi connectivity index (χ1v) is 9.62. The SMILES string of the molecule is COc1nnc(NS(C)(=O)=O)cc1/C=C/C1CCC(C(F)(F)F)CC1. The molecule has 1 saturated carbocycles. The van der Waals surface area contributed by atoms with Crippen molar-refractivity contribution in [3.8, 4) is 5.88 Å². The van der Waals surface area contributed by atoms with E-state index in [1.165, 1.54) is 13.2 Å². The molecule has 1 aromatic heterocycles. The molecule has 140 valence electrons. The number of nitrogens with one attached hydrogen (secondary N) is 1. The van der Waals surface area contributed by atoms with Crippen molar-refractivity contribution in [2.45, 2.75) is 31.9 Å². The van der Waals surface area contributed by atoms with Gasteiger partial charge in [-0.2, -0.15) is 13.2 Å². The van der Waals surface area contributed by atoms with Gasteiger partial charge in [0.15, 0.2) is 5.82 Å². The summed E-state index contributed by atoms with van der Waals surface area (Å²) in [6, 6.07) is 1.46. The van der Waals surface area contributed by atoms with E-state index in [1.807, 2.05) is 6.08 Å². The highest BCUT2D eigenvalue weighted by atomic mass is 32.2. The zero-order valence-corrected chi connectivity index (χ0v) is 14.7. The second-order valence-corrected chi connectivity index (χ2v) is 7.83. The summed E-state index contributed by atoms with van der Waals surface area (Å²) in [7, 11) is -2.09. The van der Waals surface area contributed by atoms with E-state index < -0.39 is 22.1 Å². The summed E-state index contributed by atoms with van der Waals surface area (Å²) in [6.45, 7) is 0. The molecule has 10 heteroatoms. The van der Waals surface area contributed by atoms with Gasteiger partial charge < -0.3 is 4.74 Å². The maximum Gasteiger partial charge on any atom is 0.391 e. The van der Waals surface area contributed by atoms with Gasteiger partial charge in [0, 0.05) is 5.56 Å². The van der Waals surface area contributed by atoms with Crippen molar-refractivity contribution in [3.05, 3.63) is 17.7 Å². The van der Waals surface area contributed by atoms with Gasteiger partial charge in [-0.3, -0.25) is 4.72 Å². The van der Waals surface area contributed by atoms with Gasteiger partial charge in [-0.15, -0.1) is 10.2 Å². The molecular weight excluding hydrogens is 359 g/mol. The summed E-state index contributed by atoms with van der Waals surface area (Å²) < 4.78 is 67.9. The van der Waals surface area contributed by atoms with Crippen molar-refractivity contribution in [1.82, 2.24) is 10.2 Å². The van der Waals surface area contributed by atoms with Crippen LogP contribution in [0, 0.1) is 11.8 Å². The maximum atomic E-state index is 12.7. The van der Waals surface area contributed by atoms with E-state index in [9.17, 15) is 21.6 Å². The van der Waals surface area contributed by atoms with Crippen LogP contribution < -0.4 is 9.46 Å². The first-order valence-electron chi connectivity index (χ1n) is 7.73. The zero-order chi connectivity index (χ0) is 18.7. The average molecular weight is 379 g/mol. The van der Waals surface area contributed by atoms with E-state index in [4.69, 9.17) is 4.74 Å². The third-order valence-electron chi connectivity index (χ3n) is 4.05. The predicted octanol–water partition coefficient (Wildman–Crippen LogP) is 3.24. The molecule has 0 saturated heterocycles. The number of ether oxygens (including phenoxy) is 1. The van der Waals surface area contributed by atoms with E-state index in [0.29, 0.717) is 18.4 Å². The lowest BCUT2D eigenvalue weighted by Crippen LogP contribution is -2.27. The minimum atomic E-state index is -4.13. The molecule has 0 spiro atoms. The quantitative estimate of drug-likeness (QED) is 0.849. The normalized spacial score (nSPS) is 22.1. The van der Waals surface area contributed by atoms with Gasteiger partial charge in [0.2, 0.25) is 15.9 Å². The molecule has 0 radical (unpaired) electrons. The molecule has 2 rings (SSSR count). The number of allylic oxidation sites excluding steroid dienone is 1. The number of rotatable bonds is 5. The molecule has 0 atom stereocenters. The number of aromatic nitrogens is 2. The lowest BCUT2D eigenvalue weighted by atomic mass is 9.81. The second-order valence-electron chi connectivity index (χ2n) is 6.08. The van der Waals surface area contributed by atoms with Crippen LogP contribution in [0.25, 0.3) is 6.08 Å². The van der Waals surface area contributed by atoms with Gasteiger partial charge in [0.25, 0.3) is 0 Å². The highest BCUT2D eigenvalue weighted by molar-refractivity contribution is 7.92. The average Bonchev–Trinajstić information content (AvgIpc) is 2.51. The fourth-order valence-corrected chi connectivity index (χ4v) is 3.27. The number of nitrogens with zero attached hydrogens (tertiary/aromatic N) is 2. The number of hydrogen-bond acceptors (Lipinski definition) is 5. The van der Waals surface area contributed by atoms with Gasteiger partial charge in [-0.25, -0.2) is 8.42 Å². The van der Waals surface area contributed by atoms with Crippen molar-refractivity contribution in [2.24, 2.45) is 11.8 Å². The molecule has 1 aromatic rings. The summed E-state index contributed by atoms with van der Waals surface area (Å²) in [6.07, 6.45) is 1.50. The molecule has 1 N–H and O–H groups in total. The Morgan fingerprint density at radius 3 is 2.40 bits per heavy atom. The fraction of sp³-hybridized carbons (Fsp3) is 0.600. The Morgan fingerprint density at radius 2 is 1.88 bits per heavy atom. The van der Waals surface area contributed by atoms with E-state index >= 15 is 0 Å². The molecule has 0 unspecified atom stereocenters. The van der Waals surface area contributed by atoms with Crippen molar-refractivity contribution < 1.29 is 26.3 Å². The molecule has 1 heterocycles. The Bertz CT molecular complexity index is 727. The van der Waals surface area contributed by atoms with Crippen molar-refractivity contribution >= 4 is 21.9 Å². The minimum absolute atomic E-state index is 0.0304. The van der Waals surface area contributed by atoms with E-state index in [0.717, 1.165) is 6.26 Å². The van der Waals surface area contributed by atoms with Gasteiger partial charge >= 0.3 is 6.18 Å². The molecule has 0 amide bonds. The number of methoxy groups -OCH3 is 1. The van der Waals surface area contributed by atoms with Crippen LogP contribution in [0.4, 0.5) is 19.0 Å². The lowest BCUT2D eigenvalue weighted by Gasteiger charge is -2.28. The van der Waals surface area contributed by atoms with Crippen LogP contribution in [-0.2, 0) is 10.0 Å². The Balaban J connectivity index is 2.08. The monoisotopic (exact) mass is 379 g/mol. The molecule has 1 aliphatic carbocycles. The smallest absolute Gasteiger partial charge is 0.391 e. The summed E-state index contributed by atoms with van der Waals surface area (Å²) in [5.74, 6) is -0.939. The van der Waals surface area contributed by atoms with Crippen molar-refractivity contribution in [2.75, 3.05) is 18.1 Å². The predicted molar refractivity (Wildman–Crippen MR) is 87.6 cm³/mol. The summed E-state index contributed by atoms with van der Waals surface area (Å²) in [4.78, 5) is 0. The number of alkyl halides is 3. The molecule has 25 heavy (non-hydrogen) atoms. The molecule has 1 fully saturated rings. The first kappa shape index (κ1) is 19.5. The number of sulfonamides is 1. The molecule has 0 aliphatic heterocycles. The van der Waals surface area contributed by atoms with Crippen LogP contribution in [-0.4, -0.2) is 38.2 Å². The highest BCUT2D eigenvalue weighted by Crippen LogP contribution is 2.40. The van der Waals surface area contributed by atoms with E-state index in [1.54, 1.807) is 6.08 Å². The van der Waals surface area contributed by atoms with Crippen LogP contribution in [0.5, 0.6) is 5.88 Å². The third-order valence-corrected chi connectivity index (χ3v) is 4.63. The summed E-state index contributed by atoms with van der Waals surface area (Å²) in [5, 5.41) is 7.49. The second kappa shape index (κ2) is 7.59. The molecular formula is C15H20F3N3O3S. The highest BCUT2D eigenvalue weighted by Gasteiger charge is 2.40. The Morgan fingerprint density at radius 1 is 1.24 bits per heavy atom. The largest absolute Gasteiger partial charge is 0.479 e. The molecule has 1 aliphatic rings. The van der Waals surface area contributed by atoms with E-state index in [-0.39, 0.29) is 30.5 Å². The Labute approximate surface area is 144 Å². The lowest BCUT2D eigenvalue weighted by molar-refractivity contribution is -0.183. The topological polar surface area (TPSA) is 81.2 Å². The number of anilines is 1. The van der Waals surface area contributed by atoms with Gasteiger partial charge in [0.05, 0.1) is 19.3 Å². The number of halogens is 3. The zero-order valence-electron chi connectivity index (χ0n) is 13.9. The third kappa shape index (κ3) is 5.87. The van der Waals surface area contributed by atoms with Crippen LogP contribution in [0.3, 0.4) is 0 Å². The van der Waals surface area contributed by atoms with Gasteiger partial charge in [0.1, 0.15) is 0 Å². The van der Waals surface area contributed by atoms with Gasteiger partial charge in [-0.1, -0.05) is 12.2 Å². The molecule has 0 bridgehead atoms. The van der Waals surface area contributed by atoms with Crippen molar-refractivity contribution in [3.63, 3.8) is 0 Å². The summed E-state index contributed by atoms with van der Waals surface area (Å²) >= 11 is 0. The van der Waals surface area contributed by atoms with Crippen molar-refractivity contribution in [1.29, 1.82) is 0 Å². The van der Waals surface area contributed by atoms with E-state index in [2.05, 4.69) is 14.9 Å². The van der Waals surface area contributed by atoms with Crippen LogP contribution in [0.1, 0.15) is 31.2 Å². The summed E-state index contributed by atoms with van der Waals surface area (Å²) in [5.41, 5.74) is 0.501.